The van der Waals surface area contributed by atoms with Crippen molar-refractivity contribution in [3.63, 3.8) is 0 Å². The number of carbonyl (C=O) groups excluding carboxylic acids is 1. The van der Waals surface area contributed by atoms with E-state index in [1.165, 1.54) is 24.1 Å². The van der Waals surface area contributed by atoms with Gasteiger partial charge in [-0.1, -0.05) is 0 Å². The van der Waals surface area contributed by atoms with Crippen LogP contribution in [0.25, 0.3) is 0 Å². The molecule has 0 aromatic heterocycles. The summed E-state index contributed by atoms with van der Waals surface area (Å²) >= 11 is 1.68. The highest BCUT2D eigenvalue weighted by Gasteiger charge is 2.26. The van der Waals surface area contributed by atoms with Crippen molar-refractivity contribution in [2.75, 3.05) is 30.7 Å². The molecule has 2 rings (SSSR count). The summed E-state index contributed by atoms with van der Waals surface area (Å²) in [7, 11) is 3.06. The predicted molar refractivity (Wildman–Crippen MR) is 77.9 cm³/mol. The summed E-state index contributed by atoms with van der Waals surface area (Å²) in [5.41, 5.74) is 0.525. The molecule has 7 heteroatoms. The highest BCUT2D eigenvalue weighted by atomic mass is 35.5. The van der Waals surface area contributed by atoms with E-state index in [2.05, 4.69) is 5.32 Å². The number of ether oxygens (including phenoxy) is 1. The molecule has 1 atom stereocenters. The van der Waals surface area contributed by atoms with Crippen LogP contribution >= 0.6 is 24.2 Å². The number of benzene rings is 1. The third-order valence-electron chi connectivity index (χ3n) is 2.87. The zero-order valence-electron chi connectivity index (χ0n) is 10.7. The van der Waals surface area contributed by atoms with Gasteiger partial charge in [-0.05, 0) is 12.1 Å². The number of likely N-dealkylation sites (N-methyl/N-ethyl adjacent to an activating group) is 1. The Morgan fingerprint density at radius 1 is 1.58 bits per heavy atom. The number of carbonyl (C=O) groups is 1. The number of anilines is 1. The molecule has 106 valence electrons. The predicted octanol–water partition coefficient (Wildman–Crippen LogP) is 1.88. The highest BCUT2D eigenvalue weighted by molar-refractivity contribution is 7.99. The number of amides is 1. The lowest BCUT2D eigenvalue weighted by Gasteiger charge is -2.21. The van der Waals surface area contributed by atoms with E-state index in [1.54, 1.807) is 24.9 Å². The first-order valence-electron chi connectivity index (χ1n) is 5.55. The fourth-order valence-electron chi connectivity index (χ4n) is 1.78. The van der Waals surface area contributed by atoms with Crippen molar-refractivity contribution in [1.82, 2.24) is 5.32 Å². The Labute approximate surface area is 122 Å². The van der Waals surface area contributed by atoms with Gasteiger partial charge in [0.15, 0.2) is 11.6 Å². The van der Waals surface area contributed by atoms with Crippen LogP contribution in [0.5, 0.6) is 5.75 Å². The number of nitrogens with one attached hydrogen (secondary N) is 1. The molecular formula is C12H16ClFN2O2S. The topological polar surface area (TPSA) is 41.6 Å². The molecular weight excluding hydrogens is 291 g/mol. The Bertz CT molecular complexity index is 455. The Morgan fingerprint density at radius 3 is 2.84 bits per heavy atom. The number of hydrogen-bond donors (Lipinski definition) is 1. The van der Waals surface area contributed by atoms with Gasteiger partial charge < -0.3 is 9.64 Å². The van der Waals surface area contributed by atoms with Crippen molar-refractivity contribution < 1.29 is 13.9 Å². The molecule has 1 aliphatic rings. The minimum atomic E-state index is -0.469. The minimum Gasteiger partial charge on any atom is -0.494 e. The average Bonchev–Trinajstić information content (AvgIpc) is 2.90. The summed E-state index contributed by atoms with van der Waals surface area (Å²) in [5.74, 6) is 1.19. The third-order valence-corrected chi connectivity index (χ3v) is 3.81. The van der Waals surface area contributed by atoms with Crippen LogP contribution in [-0.2, 0) is 4.79 Å². The molecule has 0 bridgehead atoms. The van der Waals surface area contributed by atoms with E-state index >= 15 is 0 Å². The van der Waals surface area contributed by atoms with Crippen molar-refractivity contribution in [1.29, 1.82) is 0 Å². The Morgan fingerprint density at radius 2 is 2.32 bits per heavy atom. The number of hydrogen-bond acceptors (Lipinski definition) is 4. The molecule has 0 saturated carbocycles. The van der Waals surface area contributed by atoms with E-state index in [-0.39, 0.29) is 30.1 Å². The molecule has 1 N–H and O–H groups in total. The van der Waals surface area contributed by atoms with Crippen LogP contribution in [0, 0.1) is 5.82 Å². The van der Waals surface area contributed by atoms with Crippen molar-refractivity contribution >= 4 is 35.8 Å². The van der Waals surface area contributed by atoms with E-state index < -0.39 is 5.82 Å². The first kappa shape index (κ1) is 16.1. The van der Waals surface area contributed by atoms with Gasteiger partial charge in [0.05, 0.1) is 13.2 Å². The maximum atomic E-state index is 13.6. The monoisotopic (exact) mass is 306 g/mol. The van der Waals surface area contributed by atoms with Gasteiger partial charge >= 0.3 is 0 Å². The molecule has 1 heterocycles. The quantitative estimate of drug-likeness (QED) is 0.926. The molecule has 0 aliphatic carbocycles. The zero-order chi connectivity index (χ0) is 13.1. The van der Waals surface area contributed by atoms with Gasteiger partial charge in [-0.2, -0.15) is 0 Å². The lowest BCUT2D eigenvalue weighted by molar-refractivity contribution is -0.119. The van der Waals surface area contributed by atoms with Crippen LogP contribution in [0.1, 0.15) is 0 Å². The van der Waals surface area contributed by atoms with Gasteiger partial charge in [-0.3, -0.25) is 10.1 Å². The van der Waals surface area contributed by atoms with Crippen LogP contribution in [0.3, 0.4) is 0 Å². The van der Waals surface area contributed by atoms with Crippen LogP contribution in [0.2, 0.25) is 0 Å². The average molecular weight is 307 g/mol. The zero-order valence-corrected chi connectivity index (χ0v) is 12.3. The number of nitrogens with zero attached hydrogens (tertiary/aromatic N) is 1. The molecule has 1 saturated heterocycles. The largest absolute Gasteiger partial charge is 0.494 e. The molecule has 0 spiro atoms. The van der Waals surface area contributed by atoms with Crippen LogP contribution < -0.4 is 15.0 Å². The maximum Gasteiger partial charge on any atom is 0.244 e. The SMILES string of the molecule is COc1ccc(N(C)C(=O)C2CSCN2)cc1F.Cl. The van der Waals surface area contributed by atoms with E-state index in [0.717, 1.165) is 11.6 Å². The second-order valence-corrected chi connectivity index (χ2v) is 5.02. The summed E-state index contributed by atoms with van der Waals surface area (Å²) in [6.07, 6.45) is 0. The minimum absolute atomic E-state index is 0. The Balaban J connectivity index is 0.00000180. The van der Waals surface area contributed by atoms with Crippen molar-refractivity contribution in [2.24, 2.45) is 0 Å². The summed E-state index contributed by atoms with van der Waals surface area (Å²) in [6, 6.07) is 4.30. The van der Waals surface area contributed by atoms with Crippen molar-refractivity contribution in [2.45, 2.75) is 6.04 Å². The summed E-state index contributed by atoms with van der Waals surface area (Å²) in [4.78, 5) is 13.6. The Kier molecular flexibility index (Phi) is 5.90. The number of methoxy groups -OCH3 is 1. The third kappa shape index (κ3) is 3.52. The lowest BCUT2D eigenvalue weighted by Crippen LogP contribution is -2.43. The smallest absolute Gasteiger partial charge is 0.244 e. The second-order valence-electron chi connectivity index (χ2n) is 3.99. The number of rotatable bonds is 3. The molecule has 1 amide bonds. The fourth-order valence-corrected chi connectivity index (χ4v) is 2.71. The van der Waals surface area contributed by atoms with Gasteiger partial charge in [0.25, 0.3) is 0 Å². The second kappa shape index (κ2) is 6.98. The van der Waals surface area contributed by atoms with Crippen LogP contribution in [-0.4, -0.2) is 37.7 Å². The number of thioether (sulfide) groups is 1. The van der Waals surface area contributed by atoms with Gasteiger partial charge in [0, 0.05) is 30.4 Å². The van der Waals surface area contributed by atoms with Gasteiger partial charge in [0.1, 0.15) is 0 Å². The van der Waals surface area contributed by atoms with Crippen molar-refractivity contribution in [3.05, 3.63) is 24.0 Å². The molecule has 1 aliphatic heterocycles. The van der Waals surface area contributed by atoms with Crippen LogP contribution in [0.4, 0.5) is 10.1 Å². The summed E-state index contributed by atoms with van der Waals surface area (Å²) in [5, 5.41) is 3.10. The van der Waals surface area contributed by atoms with Gasteiger partial charge in [-0.25, -0.2) is 4.39 Å². The lowest BCUT2D eigenvalue weighted by atomic mass is 10.2. The standard InChI is InChI=1S/C12H15FN2O2S.ClH/c1-15(12(16)10-6-18-7-14-10)8-3-4-11(17-2)9(13)5-8;/h3-5,10,14H,6-7H2,1-2H3;1H. The summed E-state index contributed by atoms with van der Waals surface area (Å²) in [6.45, 7) is 0. The maximum absolute atomic E-state index is 13.6. The first-order valence-corrected chi connectivity index (χ1v) is 6.71. The van der Waals surface area contributed by atoms with Crippen molar-refractivity contribution in [3.8, 4) is 5.75 Å². The molecule has 1 aromatic rings. The molecule has 1 unspecified atom stereocenters. The van der Waals surface area contributed by atoms with Crippen LogP contribution in [0.15, 0.2) is 18.2 Å². The van der Waals surface area contributed by atoms with E-state index in [9.17, 15) is 9.18 Å². The molecule has 4 nitrogen and oxygen atoms in total. The van der Waals surface area contributed by atoms with E-state index in [0.29, 0.717) is 5.69 Å². The first-order chi connectivity index (χ1) is 8.63. The van der Waals surface area contributed by atoms with Gasteiger partial charge in [-0.15, -0.1) is 24.2 Å². The number of halogens is 2. The summed E-state index contributed by atoms with van der Waals surface area (Å²) < 4.78 is 18.4. The normalized spacial score (nSPS) is 17.7. The molecule has 1 aromatic carbocycles. The highest BCUT2D eigenvalue weighted by Crippen LogP contribution is 2.24. The van der Waals surface area contributed by atoms with Gasteiger partial charge in [0.2, 0.25) is 5.91 Å². The van der Waals surface area contributed by atoms with E-state index in [4.69, 9.17) is 4.74 Å². The fraction of sp³-hybridized carbons (Fsp3) is 0.417. The molecule has 1 fully saturated rings. The molecule has 19 heavy (non-hydrogen) atoms. The van der Waals surface area contributed by atoms with E-state index in [1.807, 2.05) is 0 Å². The molecule has 0 radical (unpaired) electrons. The Hall–Kier alpha value is -0.980.